The first-order valence-corrected chi connectivity index (χ1v) is 4.71. The van der Waals surface area contributed by atoms with Gasteiger partial charge in [0.2, 0.25) is 0 Å². The minimum Gasteiger partial charge on any atom is -0.461 e. The minimum absolute atomic E-state index is 0.0280. The molecule has 0 radical (unpaired) electrons. The Bertz CT molecular complexity index is 236. The lowest BCUT2D eigenvalue weighted by molar-refractivity contribution is -0.146. The summed E-state index contributed by atoms with van der Waals surface area (Å²) in [6.07, 6.45) is 8.24. The van der Waals surface area contributed by atoms with Gasteiger partial charge in [-0.15, -0.1) is 0 Å². The number of hydrogen-bond donors (Lipinski definition) is 0. The molecule has 13 heavy (non-hydrogen) atoms. The van der Waals surface area contributed by atoms with Gasteiger partial charge in [-0.2, -0.15) is 0 Å². The van der Waals surface area contributed by atoms with E-state index in [1.54, 1.807) is 0 Å². The van der Waals surface area contributed by atoms with Gasteiger partial charge in [0.25, 0.3) is 0 Å². The number of hydrogen-bond acceptors (Lipinski definition) is 2. The number of rotatable bonds is 3. The Kier molecular flexibility index (Phi) is 3.74. The first kappa shape index (κ1) is 10.0. The zero-order chi connectivity index (χ0) is 9.68. The topological polar surface area (TPSA) is 26.3 Å². The summed E-state index contributed by atoms with van der Waals surface area (Å²) in [6.45, 7) is 4.15. The third kappa shape index (κ3) is 3.45. The van der Waals surface area contributed by atoms with Crippen LogP contribution in [0.5, 0.6) is 0 Å². The van der Waals surface area contributed by atoms with Crippen LogP contribution in [0.4, 0.5) is 0 Å². The average Bonchev–Trinajstić information content (AvgIpc) is 2.15. The fourth-order valence-electron chi connectivity index (χ4n) is 1.10. The Morgan fingerprint density at radius 1 is 1.62 bits per heavy atom. The van der Waals surface area contributed by atoms with Crippen molar-refractivity contribution in [1.29, 1.82) is 0 Å². The van der Waals surface area contributed by atoms with Crippen molar-refractivity contribution in [1.82, 2.24) is 0 Å². The average molecular weight is 180 g/mol. The van der Waals surface area contributed by atoms with Crippen LogP contribution in [0, 0.1) is 5.92 Å². The molecule has 0 aromatic carbocycles. The summed E-state index contributed by atoms with van der Waals surface area (Å²) < 4.78 is 5.10. The molecule has 0 unspecified atom stereocenters. The molecule has 2 heteroatoms. The number of esters is 1. The molecule has 0 aliphatic heterocycles. The number of allylic oxidation sites excluding steroid dienone is 3. The van der Waals surface area contributed by atoms with Gasteiger partial charge >= 0.3 is 5.97 Å². The molecular weight excluding hydrogens is 164 g/mol. The van der Waals surface area contributed by atoms with Gasteiger partial charge in [0.1, 0.15) is 6.61 Å². The van der Waals surface area contributed by atoms with Gasteiger partial charge in [-0.05, 0) is 18.4 Å². The molecule has 0 N–H and O–H groups in total. The maximum absolute atomic E-state index is 11.1. The van der Waals surface area contributed by atoms with Gasteiger partial charge in [0.15, 0.2) is 0 Å². The van der Waals surface area contributed by atoms with E-state index < -0.39 is 0 Å². The Labute approximate surface area is 79.3 Å². The van der Waals surface area contributed by atoms with Crippen molar-refractivity contribution >= 4 is 5.97 Å². The van der Waals surface area contributed by atoms with Crippen LogP contribution in [0.1, 0.15) is 26.7 Å². The van der Waals surface area contributed by atoms with Crippen LogP contribution in [-0.4, -0.2) is 12.6 Å². The summed E-state index contributed by atoms with van der Waals surface area (Å²) in [5.74, 6) is -0.143. The molecule has 1 aliphatic carbocycles. The van der Waals surface area contributed by atoms with Gasteiger partial charge in [0.05, 0.1) is 5.92 Å². The fourth-order valence-corrected chi connectivity index (χ4v) is 1.10. The summed E-state index contributed by atoms with van der Waals surface area (Å²) in [6, 6.07) is 0. The molecule has 0 saturated heterocycles. The molecule has 0 bridgehead atoms. The largest absolute Gasteiger partial charge is 0.461 e. The quantitative estimate of drug-likeness (QED) is 0.624. The summed E-state index contributed by atoms with van der Waals surface area (Å²) in [7, 11) is 0. The predicted octanol–water partition coefficient (Wildman–Crippen LogP) is 2.46. The molecule has 1 aliphatic rings. The van der Waals surface area contributed by atoms with Crippen LogP contribution < -0.4 is 0 Å². The highest BCUT2D eigenvalue weighted by Gasteiger charge is 2.09. The molecule has 0 aromatic heterocycles. The van der Waals surface area contributed by atoms with Crippen molar-refractivity contribution in [3.63, 3.8) is 0 Å². The first-order valence-electron chi connectivity index (χ1n) is 4.71. The second-order valence-electron chi connectivity index (χ2n) is 3.55. The van der Waals surface area contributed by atoms with Crippen LogP contribution >= 0.6 is 0 Å². The zero-order valence-corrected chi connectivity index (χ0v) is 8.25. The van der Waals surface area contributed by atoms with Crippen molar-refractivity contribution < 1.29 is 9.53 Å². The van der Waals surface area contributed by atoms with E-state index in [0.29, 0.717) is 6.61 Å². The van der Waals surface area contributed by atoms with E-state index in [4.69, 9.17) is 4.74 Å². The lowest BCUT2D eigenvalue weighted by Crippen LogP contribution is -2.13. The Hall–Kier alpha value is -1.05. The van der Waals surface area contributed by atoms with E-state index in [0.717, 1.165) is 12.8 Å². The highest BCUT2D eigenvalue weighted by Crippen LogP contribution is 2.12. The summed E-state index contributed by atoms with van der Waals surface area (Å²) in [5.41, 5.74) is 1.21. The van der Waals surface area contributed by atoms with Crippen LogP contribution in [0.25, 0.3) is 0 Å². The van der Waals surface area contributed by atoms with E-state index in [-0.39, 0.29) is 11.9 Å². The Morgan fingerprint density at radius 3 is 2.92 bits per heavy atom. The summed E-state index contributed by atoms with van der Waals surface area (Å²) in [4.78, 5) is 11.1. The van der Waals surface area contributed by atoms with Crippen LogP contribution in [-0.2, 0) is 9.53 Å². The zero-order valence-electron chi connectivity index (χ0n) is 8.25. The molecule has 0 spiro atoms. The smallest absolute Gasteiger partial charge is 0.308 e. The highest BCUT2D eigenvalue weighted by molar-refractivity contribution is 5.71. The van der Waals surface area contributed by atoms with E-state index in [2.05, 4.69) is 6.08 Å². The van der Waals surface area contributed by atoms with Crippen molar-refractivity contribution in [3.8, 4) is 0 Å². The molecule has 0 heterocycles. The number of carbonyl (C=O) groups is 1. The van der Waals surface area contributed by atoms with Crippen molar-refractivity contribution in [2.45, 2.75) is 26.7 Å². The molecular formula is C11H16O2. The standard InChI is InChI=1S/C11H16O2/c1-9(2)11(12)13-8-10-6-4-3-5-7-10/h3-4,6,9H,5,7-8H2,1-2H3. The van der Waals surface area contributed by atoms with Gasteiger partial charge in [-0.1, -0.05) is 32.1 Å². The van der Waals surface area contributed by atoms with E-state index in [1.165, 1.54) is 5.57 Å². The van der Waals surface area contributed by atoms with Crippen molar-refractivity contribution in [2.75, 3.05) is 6.61 Å². The van der Waals surface area contributed by atoms with Gasteiger partial charge in [-0.3, -0.25) is 4.79 Å². The second-order valence-corrected chi connectivity index (χ2v) is 3.55. The van der Waals surface area contributed by atoms with Crippen LogP contribution in [0.15, 0.2) is 23.8 Å². The van der Waals surface area contributed by atoms with E-state index in [9.17, 15) is 4.79 Å². The Balaban J connectivity index is 2.30. The van der Waals surface area contributed by atoms with Gasteiger partial charge in [-0.25, -0.2) is 0 Å². The SMILES string of the molecule is CC(C)C(=O)OCC1=CC=CCC1. The number of ether oxygens (including phenoxy) is 1. The monoisotopic (exact) mass is 180 g/mol. The van der Waals surface area contributed by atoms with E-state index in [1.807, 2.05) is 26.0 Å². The first-order chi connectivity index (χ1) is 6.20. The summed E-state index contributed by atoms with van der Waals surface area (Å²) in [5, 5.41) is 0. The molecule has 72 valence electrons. The molecule has 1 rings (SSSR count). The molecule has 0 atom stereocenters. The van der Waals surface area contributed by atoms with Gasteiger partial charge in [0, 0.05) is 0 Å². The predicted molar refractivity (Wildman–Crippen MR) is 52.3 cm³/mol. The molecule has 0 saturated carbocycles. The molecule has 0 fully saturated rings. The normalized spacial score (nSPS) is 15.8. The Morgan fingerprint density at radius 2 is 2.38 bits per heavy atom. The third-order valence-electron chi connectivity index (χ3n) is 1.97. The van der Waals surface area contributed by atoms with Crippen molar-refractivity contribution in [2.24, 2.45) is 5.92 Å². The van der Waals surface area contributed by atoms with E-state index >= 15 is 0 Å². The van der Waals surface area contributed by atoms with Crippen LogP contribution in [0.3, 0.4) is 0 Å². The third-order valence-corrected chi connectivity index (χ3v) is 1.97. The number of carbonyl (C=O) groups excluding carboxylic acids is 1. The maximum atomic E-state index is 11.1. The second kappa shape index (κ2) is 4.85. The lowest BCUT2D eigenvalue weighted by Gasteiger charge is -2.10. The molecule has 2 nitrogen and oxygen atoms in total. The van der Waals surface area contributed by atoms with Crippen molar-refractivity contribution in [3.05, 3.63) is 23.8 Å². The summed E-state index contributed by atoms with van der Waals surface area (Å²) >= 11 is 0. The highest BCUT2D eigenvalue weighted by atomic mass is 16.5. The lowest BCUT2D eigenvalue weighted by atomic mass is 10.1. The fraction of sp³-hybridized carbons (Fsp3) is 0.545. The molecule has 0 aromatic rings. The maximum Gasteiger partial charge on any atom is 0.308 e. The van der Waals surface area contributed by atoms with Gasteiger partial charge < -0.3 is 4.74 Å². The minimum atomic E-state index is -0.115. The molecule has 0 amide bonds. The van der Waals surface area contributed by atoms with Crippen LogP contribution in [0.2, 0.25) is 0 Å².